The Morgan fingerprint density at radius 3 is 2.91 bits per heavy atom. The Bertz CT molecular complexity index is 880. The molecule has 0 saturated heterocycles. The number of rotatable bonds is 4. The minimum absolute atomic E-state index is 0.274. The number of hydrogen-bond acceptors (Lipinski definition) is 5. The van der Waals surface area contributed by atoms with Gasteiger partial charge in [0.05, 0.1) is 22.4 Å². The molecule has 0 fully saturated rings. The zero-order valence-corrected chi connectivity index (χ0v) is 14.8. The Labute approximate surface area is 146 Å². The Balaban J connectivity index is 1.91. The van der Waals surface area contributed by atoms with Crippen LogP contribution in [0.25, 0.3) is 10.2 Å². The summed E-state index contributed by atoms with van der Waals surface area (Å²) >= 11 is 9.08. The molecule has 1 heterocycles. The summed E-state index contributed by atoms with van der Waals surface area (Å²) in [7, 11) is 1.60. The van der Waals surface area contributed by atoms with Crippen LogP contribution in [0.2, 0.25) is 5.02 Å². The number of nitrogens with one attached hydrogen (secondary N) is 1. The van der Waals surface area contributed by atoms with Crippen LogP contribution < -0.4 is 10.1 Å². The van der Waals surface area contributed by atoms with Crippen LogP contribution in [0.3, 0.4) is 0 Å². The lowest BCUT2D eigenvalue weighted by atomic mass is 10.2. The Morgan fingerprint density at radius 1 is 1.35 bits per heavy atom. The summed E-state index contributed by atoms with van der Waals surface area (Å²) in [5, 5.41) is 3.74. The van der Waals surface area contributed by atoms with E-state index in [1.807, 2.05) is 30.5 Å². The molecular weight excluding hydrogens is 352 g/mol. The van der Waals surface area contributed by atoms with Gasteiger partial charge in [-0.1, -0.05) is 29.0 Å². The van der Waals surface area contributed by atoms with E-state index in [-0.39, 0.29) is 5.91 Å². The van der Waals surface area contributed by atoms with Crippen LogP contribution in [0.15, 0.2) is 41.3 Å². The number of benzene rings is 2. The molecule has 0 spiro atoms. The van der Waals surface area contributed by atoms with Gasteiger partial charge in [0.15, 0.2) is 5.13 Å². The number of aromatic nitrogens is 1. The number of amides is 1. The zero-order valence-electron chi connectivity index (χ0n) is 12.4. The van der Waals surface area contributed by atoms with Gasteiger partial charge < -0.3 is 4.74 Å². The molecule has 3 rings (SSSR count). The maximum absolute atomic E-state index is 12.5. The van der Waals surface area contributed by atoms with Crippen LogP contribution in [-0.4, -0.2) is 24.3 Å². The van der Waals surface area contributed by atoms with Crippen molar-refractivity contribution in [3.8, 4) is 5.75 Å². The number of fused-ring (bicyclic) bond motifs is 1. The molecule has 0 saturated carbocycles. The summed E-state index contributed by atoms with van der Waals surface area (Å²) in [6.45, 7) is 0. The number of halogens is 1. The van der Waals surface area contributed by atoms with Crippen molar-refractivity contribution < 1.29 is 9.53 Å². The second-order valence-corrected chi connectivity index (χ2v) is 6.94. The molecule has 3 aromatic rings. The van der Waals surface area contributed by atoms with Gasteiger partial charge in [0, 0.05) is 4.90 Å². The topological polar surface area (TPSA) is 51.2 Å². The molecule has 23 heavy (non-hydrogen) atoms. The number of thiazole rings is 1. The fourth-order valence-corrected chi connectivity index (χ4v) is 3.63. The first-order chi connectivity index (χ1) is 11.1. The van der Waals surface area contributed by atoms with Gasteiger partial charge >= 0.3 is 0 Å². The molecule has 118 valence electrons. The number of thioether (sulfide) groups is 1. The highest BCUT2D eigenvalue weighted by Crippen LogP contribution is 2.32. The van der Waals surface area contributed by atoms with E-state index in [1.165, 1.54) is 11.3 Å². The van der Waals surface area contributed by atoms with Crippen molar-refractivity contribution in [1.82, 2.24) is 4.98 Å². The lowest BCUT2D eigenvalue weighted by Gasteiger charge is -2.05. The Kier molecular flexibility index (Phi) is 4.75. The molecule has 2 aromatic carbocycles. The third-order valence-electron chi connectivity index (χ3n) is 3.24. The van der Waals surface area contributed by atoms with E-state index in [9.17, 15) is 4.79 Å². The highest BCUT2D eigenvalue weighted by molar-refractivity contribution is 7.98. The monoisotopic (exact) mass is 364 g/mol. The van der Waals surface area contributed by atoms with Crippen LogP contribution >= 0.6 is 34.7 Å². The Hall–Kier alpha value is -1.76. The van der Waals surface area contributed by atoms with E-state index in [1.54, 1.807) is 31.0 Å². The molecule has 4 nitrogen and oxygen atoms in total. The largest absolute Gasteiger partial charge is 0.494 e. The summed E-state index contributed by atoms with van der Waals surface area (Å²) in [5.74, 6) is 0.408. The second-order valence-electron chi connectivity index (χ2n) is 4.63. The molecule has 7 heteroatoms. The molecule has 1 amide bonds. The standard InChI is InChI=1S/C16H13ClN2O2S2/c1-21-12-4-3-5-13-14(12)18-16(23-13)19-15(20)10-8-9(22-2)6-7-11(10)17/h3-8H,1-2H3,(H,18,19,20). The summed E-state index contributed by atoms with van der Waals surface area (Å²) in [6.07, 6.45) is 1.95. The minimum atomic E-state index is -0.274. The van der Waals surface area contributed by atoms with Gasteiger partial charge in [0.1, 0.15) is 11.3 Å². The molecule has 0 aliphatic heterocycles. The molecule has 0 aliphatic rings. The van der Waals surface area contributed by atoms with Gasteiger partial charge in [-0.05, 0) is 36.6 Å². The van der Waals surface area contributed by atoms with Crippen molar-refractivity contribution in [2.24, 2.45) is 0 Å². The van der Waals surface area contributed by atoms with Gasteiger partial charge in [0.25, 0.3) is 5.91 Å². The lowest BCUT2D eigenvalue weighted by molar-refractivity contribution is 0.102. The lowest BCUT2D eigenvalue weighted by Crippen LogP contribution is -2.12. The van der Waals surface area contributed by atoms with Gasteiger partial charge in [-0.3, -0.25) is 10.1 Å². The fourth-order valence-electron chi connectivity index (χ4n) is 2.11. The number of hydrogen-bond donors (Lipinski definition) is 1. The summed E-state index contributed by atoms with van der Waals surface area (Å²) in [4.78, 5) is 17.9. The third kappa shape index (κ3) is 3.29. The highest BCUT2D eigenvalue weighted by atomic mass is 35.5. The van der Waals surface area contributed by atoms with E-state index in [4.69, 9.17) is 16.3 Å². The smallest absolute Gasteiger partial charge is 0.258 e. The number of methoxy groups -OCH3 is 1. The molecule has 0 radical (unpaired) electrons. The average molecular weight is 365 g/mol. The molecule has 0 aliphatic carbocycles. The van der Waals surface area contributed by atoms with Crippen molar-refractivity contribution >= 4 is 56.0 Å². The van der Waals surface area contributed by atoms with Crippen molar-refractivity contribution in [3.05, 3.63) is 47.0 Å². The summed E-state index contributed by atoms with van der Waals surface area (Å²) in [6, 6.07) is 11.1. The quantitative estimate of drug-likeness (QED) is 0.667. The van der Waals surface area contributed by atoms with Gasteiger partial charge in [-0.2, -0.15) is 0 Å². The predicted octanol–water partition coefficient (Wildman–Crippen LogP) is 4.93. The maximum atomic E-state index is 12.5. The second kappa shape index (κ2) is 6.78. The summed E-state index contributed by atoms with van der Waals surface area (Å²) in [5.41, 5.74) is 1.17. The molecular formula is C16H13ClN2O2S2. The van der Waals surface area contributed by atoms with E-state index < -0.39 is 0 Å². The average Bonchev–Trinajstić information content (AvgIpc) is 2.97. The predicted molar refractivity (Wildman–Crippen MR) is 97.4 cm³/mol. The van der Waals surface area contributed by atoms with Crippen LogP contribution in [0.1, 0.15) is 10.4 Å². The molecule has 0 unspecified atom stereocenters. The number of carbonyl (C=O) groups excluding carboxylic acids is 1. The fraction of sp³-hybridized carbons (Fsp3) is 0.125. The van der Waals surface area contributed by atoms with E-state index in [2.05, 4.69) is 10.3 Å². The molecule has 1 N–H and O–H groups in total. The van der Waals surface area contributed by atoms with Crippen molar-refractivity contribution in [1.29, 1.82) is 0 Å². The number of carbonyl (C=O) groups is 1. The number of para-hydroxylation sites is 1. The maximum Gasteiger partial charge on any atom is 0.258 e. The van der Waals surface area contributed by atoms with Gasteiger partial charge in [0.2, 0.25) is 0 Å². The van der Waals surface area contributed by atoms with E-state index in [0.29, 0.717) is 21.5 Å². The minimum Gasteiger partial charge on any atom is -0.494 e. The van der Waals surface area contributed by atoms with Crippen LogP contribution in [-0.2, 0) is 0 Å². The number of nitrogens with zero attached hydrogens (tertiary/aromatic N) is 1. The Morgan fingerprint density at radius 2 is 2.17 bits per heavy atom. The zero-order chi connectivity index (χ0) is 16.4. The van der Waals surface area contributed by atoms with Crippen LogP contribution in [0.5, 0.6) is 5.75 Å². The molecule has 0 atom stereocenters. The van der Waals surface area contributed by atoms with Crippen molar-refractivity contribution in [2.45, 2.75) is 4.90 Å². The SMILES string of the molecule is COc1cccc2sc(NC(=O)c3cc(SC)ccc3Cl)nc12. The van der Waals surface area contributed by atoms with Crippen LogP contribution in [0.4, 0.5) is 5.13 Å². The first-order valence-corrected chi connectivity index (χ1v) is 9.12. The third-order valence-corrected chi connectivity index (χ3v) is 5.23. The van der Waals surface area contributed by atoms with E-state index in [0.717, 1.165) is 15.1 Å². The van der Waals surface area contributed by atoms with Gasteiger partial charge in [-0.15, -0.1) is 11.8 Å². The van der Waals surface area contributed by atoms with Gasteiger partial charge in [-0.25, -0.2) is 4.98 Å². The molecule has 0 bridgehead atoms. The van der Waals surface area contributed by atoms with Crippen molar-refractivity contribution in [3.63, 3.8) is 0 Å². The number of ether oxygens (including phenoxy) is 1. The normalized spacial score (nSPS) is 10.7. The van der Waals surface area contributed by atoms with Crippen LogP contribution in [0, 0.1) is 0 Å². The first-order valence-electron chi connectivity index (χ1n) is 6.71. The molecule has 1 aromatic heterocycles. The highest BCUT2D eigenvalue weighted by Gasteiger charge is 2.15. The first kappa shape index (κ1) is 16.1. The summed E-state index contributed by atoms with van der Waals surface area (Å²) < 4.78 is 6.24. The van der Waals surface area contributed by atoms with Crippen molar-refractivity contribution in [2.75, 3.05) is 18.7 Å². The number of anilines is 1. The van der Waals surface area contributed by atoms with E-state index >= 15 is 0 Å².